The Hall–Kier alpha value is -1.46. The average Bonchev–Trinajstić information content (AvgIpc) is 3.21. The molecule has 1 aromatic heterocycles. The van der Waals surface area contributed by atoms with Gasteiger partial charge in [0.25, 0.3) is 0 Å². The van der Waals surface area contributed by atoms with Crippen LogP contribution in [-0.4, -0.2) is 34.6 Å². The maximum Gasteiger partial charge on any atom is 0.167 e. The van der Waals surface area contributed by atoms with Crippen molar-refractivity contribution in [2.75, 3.05) is 13.3 Å². The van der Waals surface area contributed by atoms with E-state index in [-0.39, 0.29) is 0 Å². The molecule has 0 saturated heterocycles. The van der Waals surface area contributed by atoms with Crippen LogP contribution in [0.15, 0.2) is 39.8 Å². The van der Waals surface area contributed by atoms with Gasteiger partial charge in [-0.2, -0.15) is 0 Å². The Kier molecular flexibility index (Phi) is 4.74. The number of nitrogens with zero attached hydrogens (tertiary/aromatic N) is 3. The Morgan fingerprint density at radius 2 is 2.27 bits per heavy atom. The van der Waals surface area contributed by atoms with Crippen molar-refractivity contribution in [3.63, 3.8) is 0 Å². The Morgan fingerprint density at radius 3 is 2.95 bits per heavy atom. The fourth-order valence-corrected chi connectivity index (χ4v) is 2.96. The van der Waals surface area contributed by atoms with E-state index in [0.717, 1.165) is 22.2 Å². The topological polar surface area (TPSA) is 41.6 Å². The van der Waals surface area contributed by atoms with Gasteiger partial charge in [0, 0.05) is 23.7 Å². The lowest BCUT2D eigenvalue weighted by Gasteiger charge is -2.18. The summed E-state index contributed by atoms with van der Waals surface area (Å²) >= 11 is 7.68. The van der Waals surface area contributed by atoms with Gasteiger partial charge >= 0.3 is 0 Å². The molecule has 6 heteroatoms. The third kappa shape index (κ3) is 3.84. The van der Waals surface area contributed by atoms with E-state index in [1.165, 1.54) is 12.8 Å². The lowest BCUT2D eigenvalue weighted by atomic mass is 10.1. The second-order valence-electron chi connectivity index (χ2n) is 5.40. The van der Waals surface area contributed by atoms with E-state index in [9.17, 15) is 0 Å². The summed E-state index contributed by atoms with van der Waals surface area (Å²) in [4.78, 5) is 6.82. The highest BCUT2D eigenvalue weighted by Crippen LogP contribution is 2.26. The SMILES string of the molecule is CSC(=NC1CC1)N(C)Cc1cc(-c2cccc(Cl)c2)on1. The summed E-state index contributed by atoms with van der Waals surface area (Å²) in [6, 6.07) is 10.1. The lowest BCUT2D eigenvalue weighted by molar-refractivity contribution is 0.404. The maximum atomic E-state index is 6.01. The number of aliphatic imine (C=N–C) groups is 1. The lowest BCUT2D eigenvalue weighted by Crippen LogP contribution is -2.24. The Morgan fingerprint density at radius 1 is 1.45 bits per heavy atom. The second-order valence-corrected chi connectivity index (χ2v) is 6.61. The summed E-state index contributed by atoms with van der Waals surface area (Å²) in [7, 11) is 2.03. The van der Waals surface area contributed by atoms with Gasteiger partial charge in [0.15, 0.2) is 10.9 Å². The van der Waals surface area contributed by atoms with Gasteiger partial charge in [-0.25, -0.2) is 0 Å². The molecule has 0 aliphatic heterocycles. The summed E-state index contributed by atoms with van der Waals surface area (Å²) in [6.45, 7) is 0.677. The monoisotopic (exact) mass is 335 g/mol. The van der Waals surface area contributed by atoms with Crippen LogP contribution in [0.5, 0.6) is 0 Å². The fraction of sp³-hybridized carbons (Fsp3) is 0.375. The van der Waals surface area contributed by atoms with Crippen LogP contribution in [0.1, 0.15) is 18.5 Å². The minimum Gasteiger partial charge on any atom is -0.356 e. The van der Waals surface area contributed by atoms with Gasteiger partial charge in [0.05, 0.1) is 12.6 Å². The van der Waals surface area contributed by atoms with Crippen molar-refractivity contribution in [2.45, 2.75) is 25.4 Å². The van der Waals surface area contributed by atoms with Gasteiger partial charge in [0.1, 0.15) is 5.69 Å². The van der Waals surface area contributed by atoms with E-state index in [1.54, 1.807) is 11.8 Å². The Balaban J connectivity index is 1.71. The highest BCUT2D eigenvalue weighted by molar-refractivity contribution is 8.13. The van der Waals surface area contributed by atoms with Crippen LogP contribution in [0.25, 0.3) is 11.3 Å². The first-order valence-corrected chi connectivity index (χ1v) is 8.80. The van der Waals surface area contributed by atoms with E-state index in [0.29, 0.717) is 17.6 Å². The number of hydrogen-bond acceptors (Lipinski definition) is 4. The predicted octanol–water partition coefficient (Wildman–Crippen LogP) is 4.31. The van der Waals surface area contributed by atoms with Gasteiger partial charge in [-0.1, -0.05) is 40.7 Å². The summed E-state index contributed by atoms with van der Waals surface area (Å²) in [6.07, 6.45) is 4.47. The zero-order valence-electron chi connectivity index (χ0n) is 12.6. The molecular weight excluding hydrogens is 318 g/mol. The Labute approximate surface area is 139 Å². The molecule has 0 atom stereocenters. The van der Waals surface area contributed by atoms with Crippen molar-refractivity contribution < 1.29 is 4.52 Å². The molecule has 0 radical (unpaired) electrons. The van der Waals surface area contributed by atoms with Crippen LogP contribution in [0.2, 0.25) is 5.02 Å². The average molecular weight is 336 g/mol. The minimum atomic E-state index is 0.518. The first-order valence-electron chi connectivity index (χ1n) is 7.20. The van der Waals surface area contributed by atoms with Gasteiger partial charge in [-0.15, -0.1) is 0 Å². The number of benzene rings is 1. The molecule has 0 unspecified atom stereocenters. The van der Waals surface area contributed by atoms with Crippen molar-refractivity contribution in [3.8, 4) is 11.3 Å². The van der Waals surface area contributed by atoms with Gasteiger partial charge < -0.3 is 9.42 Å². The smallest absolute Gasteiger partial charge is 0.167 e. The first kappa shape index (κ1) is 15.4. The van der Waals surface area contributed by atoms with E-state index >= 15 is 0 Å². The van der Waals surface area contributed by atoms with Crippen LogP contribution in [0, 0.1) is 0 Å². The molecule has 0 amide bonds. The molecule has 1 heterocycles. The molecule has 2 aromatic rings. The summed E-state index contributed by atoms with van der Waals surface area (Å²) in [5, 5.41) is 5.89. The largest absolute Gasteiger partial charge is 0.356 e. The van der Waals surface area contributed by atoms with Crippen molar-refractivity contribution in [3.05, 3.63) is 41.0 Å². The van der Waals surface area contributed by atoms with Crippen molar-refractivity contribution in [1.82, 2.24) is 10.1 Å². The molecular formula is C16H18ClN3OS. The molecule has 0 bridgehead atoms. The molecule has 3 rings (SSSR count). The molecule has 4 nitrogen and oxygen atoms in total. The molecule has 1 aliphatic rings. The van der Waals surface area contributed by atoms with Crippen LogP contribution >= 0.6 is 23.4 Å². The first-order chi connectivity index (χ1) is 10.7. The zero-order chi connectivity index (χ0) is 15.5. The molecule has 1 fully saturated rings. The van der Waals surface area contributed by atoms with Crippen LogP contribution < -0.4 is 0 Å². The molecule has 1 aromatic carbocycles. The highest BCUT2D eigenvalue weighted by atomic mass is 35.5. The minimum absolute atomic E-state index is 0.518. The van der Waals surface area contributed by atoms with E-state index < -0.39 is 0 Å². The van der Waals surface area contributed by atoms with Gasteiger partial charge in [-0.05, 0) is 31.2 Å². The molecule has 22 heavy (non-hydrogen) atoms. The fourth-order valence-electron chi connectivity index (χ4n) is 2.14. The maximum absolute atomic E-state index is 6.01. The molecule has 1 saturated carbocycles. The number of aromatic nitrogens is 1. The summed E-state index contributed by atoms with van der Waals surface area (Å²) in [5.41, 5.74) is 1.82. The summed E-state index contributed by atoms with van der Waals surface area (Å²) < 4.78 is 5.43. The quantitative estimate of drug-likeness (QED) is 0.616. The van der Waals surface area contributed by atoms with Crippen molar-refractivity contribution in [1.29, 1.82) is 0 Å². The van der Waals surface area contributed by atoms with Crippen LogP contribution in [-0.2, 0) is 6.54 Å². The van der Waals surface area contributed by atoms with E-state index in [4.69, 9.17) is 21.1 Å². The molecule has 1 aliphatic carbocycles. The number of rotatable bonds is 4. The second kappa shape index (κ2) is 6.75. The van der Waals surface area contributed by atoms with E-state index in [1.807, 2.05) is 37.4 Å². The predicted molar refractivity (Wildman–Crippen MR) is 92.4 cm³/mol. The van der Waals surface area contributed by atoms with E-state index in [2.05, 4.69) is 16.3 Å². The molecule has 116 valence electrons. The Bertz CT molecular complexity index is 682. The molecule has 0 spiro atoms. The van der Waals surface area contributed by atoms with Crippen molar-refractivity contribution in [2.24, 2.45) is 4.99 Å². The highest BCUT2D eigenvalue weighted by Gasteiger charge is 2.22. The van der Waals surface area contributed by atoms with Crippen LogP contribution in [0.3, 0.4) is 0 Å². The van der Waals surface area contributed by atoms with Crippen molar-refractivity contribution >= 4 is 28.5 Å². The van der Waals surface area contributed by atoms with Gasteiger partial charge in [-0.3, -0.25) is 4.99 Å². The molecule has 0 N–H and O–H groups in total. The number of hydrogen-bond donors (Lipinski definition) is 0. The van der Waals surface area contributed by atoms with Gasteiger partial charge in [0.2, 0.25) is 0 Å². The van der Waals surface area contributed by atoms with Crippen LogP contribution in [0.4, 0.5) is 0 Å². The third-order valence-electron chi connectivity index (χ3n) is 3.42. The third-order valence-corrected chi connectivity index (χ3v) is 4.43. The number of amidine groups is 1. The summed E-state index contributed by atoms with van der Waals surface area (Å²) in [5.74, 6) is 0.732. The standard InChI is InChI=1S/C16H18ClN3OS/c1-20(16(22-2)18-13-6-7-13)10-14-9-15(21-19-14)11-4-3-5-12(17)8-11/h3-5,8-9,13H,6-7,10H2,1-2H3. The number of thioether (sulfide) groups is 1. The number of halogens is 1. The zero-order valence-corrected chi connectivity index (χ0v) is 14.2. The normalized spacial score (nSPS) is 15.1.